The zero-order valence-corrected chi connectivity index (χ0v) is 19.0. The van der Waals surface area contributed by atoms with E-state index in [2.05, 4.69) is 5.32 Å². The number of carbonyl (C=O) groups is 3. The van der Waals surface area contributed by atoms with Crippen LogP contribution in [0.1, 0.15) is 44.9 Å². The summed E-state index contributed by atoms with van der Waals surface area (Å²) in [6, 6.07) is 5.98. The van der Waals surface area contributed by atoms with Crippen LogP contribution in [0.3, 0.4) is 0 Å². The van der Waals surface area contributed by atoms with E-state index >= 15 is 0 Å². The van der Waals surface area contributed by atoms with Crippen LogP contribution in [-0.2, 0) is 19.1 Å². The fourth-order valence-corrected chi connectivity index (χ4v) is 7.04. The Morgan fingerprint density at radius 3 is 2.21 bits per heavy atom. The van der Waals surface area contributed by atoms with E-state index in [4.69, 9.17) is 9.47 Å². The topological polar surface area (TPSA) is 105 Å². The van der Waals surface area contributed by atoms with Gasteiger partial charge < -0.3 is 24.8 Å². The van der Waals surface area contributed by atoms with Crippen LogP contribution in [0.4, 0.5) is 5.69 Å². The molecule has 2 amide bonds. The number of likely N-dealkylation sites (tertiary alicyclic amines) is 1. The molecule has 0 aromatic heterocycles. The summed E-state index contributed by atoms with van der Waals surface area (Å²) in [7, 11) is 1.56. The molecule has 2 atom stereocenters. The number of nitrogens with one attached hydrogen (secondary N) is 1. The number of hydrogen-bond donors (Lipinski definition) is 2. The second kappa shape index (κ2) is 8.63. The number of benzene rings is 1. The molecule has 178 valence electrons. The van der Waals surface area contributed by atoms with Crippen molar-refractivity contribution in [2.75, 3.05) is 25.6 Å². The van der Waals surface area contributed by atoms with E-state index in [0.717, 1.165) is 19.3 Å². The summed E-state index contributed by atoms with van der Waals surface area (Å²) in [5, 5.41) is 12.9. The summed E-state index contributed by atoms with van der Waals surface area (Å²) >= 11 is 0. The number of β-amino-alcohol motifs (C(OH)–C–C–N with tert-alkyl or cyclic N) is 1. The van der Waals surface area contributed by atoms with E-state index in [1.165, 1.54) is 19.3 Å². The fraction of sp³-hybridized carbons (Fsp3) is 0.640. The van der Waals surface area contributed by atoms with Gasteiger partial charge in [-0.25, -0.2) is 4.79 Å². The molecule has 8 nitrogen and oxygen atoms in total. The number of carbonyl (C=O) groups excluding carboxylic acids is 3. The molecule has 1 aromatic rings. The van der Waals surface area contributed by atoms with Crippen LogP contribution in [0.15, 0.2) is 24.3 Å². The van der Waals surface area contributed by atoms with Crippen LogP contribution in [0.25, 0.3) is 0 Å². The highest BCUT2D eigenvalue weighted by Crippen LogP contribution is 2.60. The van der Waals surface area contributed by atoms with Crippen LogP contribution in [0.5, 0.6) is 5.75 Å². The largest absolute Gasteiger partial charge is 0.497 e. The minimum Gasteiger partial charge on any atom is -0.497 e. The van der Waals surface area contributed by atoms with Crippen molar-refractivity contribution in [1.82, 2.24) is 4.90 Å². The maximum absolute atomic E-state index is 13.7. The van der Waals surface area contributed by atoms with Gasteiger partial charge in [-0.2, -0.15) is 0 Å². The number of amides is 2. The molecule has 6 rings (SSSR count). The van der Waals surface area contributed by atoms with Gasteiger partial charge in [-0.3, -0.25) is 9.59 Å². The number of ether oxygens (including phenoxy) is 2. The van der Waals surface area contributed by atoms with Crippen LogP contribution < -0.4 is 10.1 Å². The highest BCUT2D eigenvalue weighted by molar-refractivity contribution is 5.94. The molecule has 1 saturated heterocycles. The number of rotatable bonds is 6. The first-order chi connectivity index (χ1) is 15.8. The van der Waals surface area contributed by atoms with Crippen LogP contribution >= 0.6 is 0 Å². The van der Waals surface area contributed by atoms with Crippen LogP contribution in [0, 0.1) is 23.2 Å². The van der Waals surface area contributed by atoms with E-state index < -0.39 is 30.6 Å². The first-order valence-electron chi connectivity index (χ1n) is 11.9. The maximum atomic E-state index is 13.7. The SMILES string of the molecule is COc1ccc(NC(=O)COC(=O)C2CC(O)CN2C(=O)C23CC4CC(CC(C4)C2)C3)cc1. The quantitative estimate of drug-likeness (QED) is 0.637. The second-order valence-corrected chi connectivity index (χ2v) is 10.4. The van der Waals surface area contributed by atoms with Crippen molar-refractivity contribution >= 4 is 23.5 Å². The van der Waals surface area contributed by atoms with Crippen LogP contribution in [-0.4, -0.2) is 60.2 Å². The molecular formula is C25H32N2O6. The van der Waals surface area contributed by atoms with Gasteiger partial charge in [0, 0.05) is 18.7 Å². The molecule has 2 N–H and O–H groups in total. The lowest BCUT2D eigenvalue weighted by Gasteiger charge is -2.56. The summed E-state index contributed by atoms with van der Waals surface area (Å²) in [6.07, 6.45) is 5.77. The average molecular weight is 457 g/mol. The number of hydrogen-bond acceptors (Lipinski definition) is 6. The highest BCUT2D eigenvalue weighted by Gasteiger charge is 2.57. The molecule has 1 heterocycles. The summed E-state index contributed by atoms with van der Waals surface area (Å²) < 4.78 is 10.4. The minimum absolute atomic E-state index is 0.00258. The van der Waals surface area contributed by atoms with E-state index in [9.17, 15) is 19.5 Å². The Morgan fingerprint density at radius 1 is 1.03 bits per heavy atom. The predicted molar refractivity (Wildman–Crippen MR) is 119 cm³/mol. The van der Waals surface area contributed by atoms with Gasteiger partial charge in [0.25, 0.3) is 5.91 Å². The van der Waals surface area contributed by atoms with Crippen molar-refractivity contribution in [3.63, 3.8) is 0 Å². The zero-order valence-electron chi connectivity index (χ0n) is 19.0. The molecule has 5 fully saturated rings. The molecule has 33 heavy (non-hydrogen) atoms. The molecule has 4 aliphatic carbocycles. The Morgan fingerprint density at radius 2 is 1.64 bits per heavy atom. The normalized spacial score (nSPS) is 34.2. The van der Waals surface area contributed by atoms with Crippen LogP contribution in [0.2, 0.25) is 0 Å². The third kappa shape index (κ3) is 4.33. The summed E-state index contributed by atoms with van der Waals surface area (Å²) in [5.74, 6) is 1.41. The van der Waals surface area contributed by atoms with Gasteiger partial charge in [0.15, 0.2) is 6.61 Å². The summed E-state index contributed by atoms with van der Waals surface area (Å²) in [6.45, 7) is -0.296. The molecule has 4 bridgehead atoms. The zero-order chi connectivity index (χ0) is 23.2. The van der Waals surface area contributed by atoms with Gasteiger partial charge >= 0.3 is 5.97 Å². The lowest BCUT2D eigenvalue weighted by atomic mass is 9.49. The Labute approximate surface area is 193 Å². The Kier molecular flexibility index (Phi) is 5.80. The van der Waals surface area contributed by atoms with Crippen molar-refractivity contribution in [3.05, 3.63) is 24.3 Å². The van der Waals surface area contributed by atoms with Gasteiger partial charge in [-0.1, -0.05) is 0 Å². The lowest BCUT2D eigenvalue weighted by molar-refractivity contribution is -0.166. The Bertz CT molecular complexity index is 894. The Hall–Kier alpha value is -2.61. The lowest BCUT2D eigenvalue weighted by Crippen LogP contribution is -2.56. The van der Waals surface area contributed by atoms with Crippen molar-refractivity contribution in [3.8, 4) is 5.75 Å². The number of methoxy groups -OCH3 is 1. The summed E-state index contributed by atoms with van der Waals surface area (Å²) in [4.78, 5) is 40.3. The predicted octanol–water partition coefficient (Wildman–Crippen LogP) is 2.36. The number of anilines is 1. The molecule has 5 aliphatic rings. The standard InChI is InChI=1S/C25H32N2O6/c1-32-20-4-2-18(3-5-20)26-22(29)14-33-23(30)21-9-19(28)13-27(21)24(31)25-10-15-6-16(11-25)8-17(7-15)12-25/h2-5,15-17,19,21,28H,6-14H2,1H3,(H,26,29). The third-order valence-electron chi connectivity index (χ3n) is 8.02. The molecular weight excluding hydrogens is 424 g/mol. The summed E-state index contributed by atoms with van der Waals surface area (Å²) in [5.41, 5.74) is 0.176. The van der Waals surface area contributed by atoms with Crippen molar-refractivity contribution in [1.29, 1.82) is 0 Å². The second-order valence-electron chi connectivity index (χ2n) is 10.4. The van der Waals surface area contributed by atoms with Crippen molar-refractivity contribution < 1.29 is 29.0 Å². The van der Waals surface area contributed by atoms with Crippen molar-refractivity contribution in [2.24, 2.45) is 23.2 Å². The van der Waals surface area contributed by atoms with Gasteiger partial charge in [-0.05, 0) is 80.5 Å². The monoisotopic (exact) mass is 456 g/mol. The van der Waals surface area contributed by atoms with E-state index in [1.807, 2.05) is 0 Å². The van der Waals surface area contributed by atoms with Gasteiger partial charge in [0.05, 0.1) is 18.6 Å². The first-order valence-corrected chi connectivity index (χ1v) is 11.9. The van der Waals surface area contributed by atoms with E-state index in [1.54, 1.807) is 36.3 Å². The molecule has 1 aromatic carbocycles. The third-order valence-corrected chi connectivity index (χ3v) is 8.02. The number of nitrogens with zero attached hydrogens (tertiary/aromatic N) is 1. The van der Waals surface area contributed by atoms with Gasteiger partial charge in [0.1, 0.15) is 11.8 Å². The van der Waals surface area contributed by atoms with Gasteiger partial charge in [-0.15, -0.1) is 0 Å². The van der Waals surface area contributed by atoms with E-state index in [-0.39, 0.29) is 24.3 Å². The maximum Gasteiger partial charge on any atom is 0.329 e. The molecule has 2 unspecified atom stereocenters. The minimum atomic E-state index is -0.839. The molecule has 4 saturated carbocycles. The Balaban J connectivity index is 1.20. The fourth-order valence-electron chi connectivity index (χ4n) is 7.04. The number of aliphatic hydroxyl groups excluding tert-OH is 1. The van der Waals surface area contributed by atoms with E-state index in [0.29, 0.717) is 29.2 Å². The number of aliphatic hydroxyl groups is 1. The smallest absolute Gasteiger partial charge is 0.329 e. The van der Waals surface area contributed by atoms with Crippen molar-refractivity contribution in [2.45, 2.75) is 57.1 Å². The average Bonchev–Trinajstić information content (AvgIpc) is 3.18. The molecule has 1 aliphatic heterocycles. The first kappa shape index (κ1) is 22.2. The molecule has 0 radical (unpaired) electrons. The van der Waals surface area contributed by atoms with Gasteiger partial charge in [0.2, 0.25) is 5.91 Å². The highest BCUT2D eigenvalue weighted by atomic mass is 16.5. The molecule has 8 heteroatoms. The number of esters is 1. The molecule has 0 spiro atoms.